The van der Waals surface area contributed by atoms with Gasteiger partial charge in [-0.05, 0) is 31.0 Å². The number of aromatic amines is 2. The number of H-pyrrole nitrogens is 2. The summed E-state index contributed by atoms with van der Waals surface area (Å²) in [5.74, 6) is -0.564. The fourth-order valence-electron chi connectivity index (χ4n) is 3.38. The van der Waals surface area contributed by atoms with Crippen LogP contribution in [-0.2, 0) is 0 Å². The van der Waals surface area contributed by atoms with E-state index in [1.54, 1.807) is 6.07 Å². The zero-order chi connectivity index (χ0) is 19.8. The molecule has 9 nitrogen and oxygen atoms in total. The van der Waals surface area contributed by atoms with Gasteiger partial charge in [0, 0.05) is 25.2 Å². The molecule has 4 rings (SSSR count). The summed E-state index contributed by atoms with van der Waals surface area (Å²) in [4.78, 5) is 42.4. The number of carbonyl (C=O) groups is 1. The Balaban J connectivity index is 1.75. The largest absolute Gasteiger partial charge is 0.370 e. The molecule has 1 aromatic heterocycles. The number of hydrogen-bond donors (Lipinski definition) is 3. The third-order valence-corrected chi connectivity index (χ3v) is 5.06. The van der Waals surface area contributed by atoms with Gasteiger partial charge in [-0.3, -0.25) is 14.9 Å². The third-order valence-electron chi connectivity index (χ3n) is 4.73. The highest BCUT2D eigenvalue weighted by molar-refractivity contribution is 6.34. The number of aromatic nitrogens is 2. The maximum Gasteiger partial charge on any atom is 0.323 e. The summed E-state index contributed by atoms with van der Waals surface area (Å²) in [5, 5.41) is 13.9. The number of fused-ring (bicyclic) bond motifs is 1. The molecule has 0 radical (unpaired) electrons. The molecule has 3 aromatic rings. The molecule has 1 aliphatic rings. The average molecular weight is 402 g/mol. The van der Waals surface area contributed by atoms with Crippen molar-refractivity contribution in [1.82, 2.24) is 9.97 Å². The van der Waals surface area contributed by atoms with Crippen molar-refractivity contribution in [2.24, 2.45) is 0 Å². The maximum atomic E-state index is 12.8. The summed E-state index contributed by atoms with van der Waals surface area (Å²) < 4.78 is 0. The number of amides is 1. The molecule has 0 bridgehead atoms. The van der Waals surface area contributed by atoms with Crippen molar-refractivity contribution in [1.29, 1.82) is 0 Å². The normalized spacial score (nSPS) is 13.8. The topological polar surface area (TPSA) is 124 Å². The van der Waals surface area contributed by atoms with E-state index < -0.39 is 10.8 Å². The summed E-state index contributed by atoms with van der Waals surface area (Å²) in [6.45, 7) is 1.67. The highest BCUT2D eigenvalue weighted by atomic mass is 35.5. The van der Waals surface area contributed by atoms with Crippen LogP contribution in [0.5, 0.6) is 0 Å². The summed E-state index contributed by atoms with van der Waals surface area (Å²) in [7, 11) is 0. The summed E-state index contributed by atoms with van der Waals surface area (Å²) >= 11 is 6.08. The van der Waals surface area contributed by atoms with Crippen molar-refractivity contribution in [3.05, 3.63) is 61.5 Å². The minimum absolute atomic E-state index is 0.00546. The van der Waals surface area contributed by atoms with Gasteiger partial charge in [0.1, 0.15) is 0 Å². The highest BCUT2D eigenvalue weighted by Crippen LogP contribution is 2.33. The van der Waals surface area contributed by atoms with Gasteiger partial charge in [0.15, 0.2) is 0 Å². The quantitative estimate of drug-likeness (QED) is 0.457. The van der Waals surface area contributed by atoms with Crippen molar-refractivity contribution in [3.63, 3.8) is 0 Å². The molecule has 2 heterocycles. The van der Waals surface area contributed by atoms with E-state index in [2.05, 4.69) is 20.2 Å². The van der Waals surface area contributed by atoms with Gasteiger partial charge in [-0.2, -0.15) is 0 Å². The lowest BCUT2D eigenvalue weighted by atomic mass is 10.1. The predicted octanol–water partition coefficient (Wildman–Crippen LogP) is 3.27. The monoisotopic (exact) mass is 401 g/mol. The molecule has 0 saturated carbocycles. The lowest BCUT2D eigenvalue weighted by Gasteiger charge is -2.22. The molecule has 1 fully saturated rings. The number of hydrogen-bond acceptors (Lipinski definition) is 5. The number of nitro benzene ring substituents is 1. The first kappa shape index (κ1) is 18.1. The van der Waals surface area contributed by atoms with Gasteiger partial charge in [0.2, 0.25) is 0 Å². The van der Waals surface area contributed by atoms with E-state index in [1.165, 1.54) is 12.1 Å². The third kappa shape index (κ3) is 3.31. The van der Waals surface area contributed by atoms with E-state index in [0.29, 0.717) is 16.7 Å². The number of halogens is 1. The lowest BCUT2D eigenvalue weighted by molar-refractivity contribution is -0.384. The summed E-state index contributed by atoms with van der Waals surface area (Å²) in [6, 6.07) is 7.19. The second kappa shape index (κ2) is 7.01. The average Bonchev–Trinajstić information content (AvgIpc) is 3.29. The molecule has 2 aromatic carbocycles. The molecule has 0 atom stereocenters. The van der Waals surface area contributed by atoms with Crippen LogP contribution in [0.1, 0.15) is 23.2 Å². The standard InChI is InChI=1S/C18H16ClN5O4/c19-12-4-3-10(24(27)28)7-11(12)17(25)20-15-8-13-14(22-18(26)21-13)9-16(15)23-5-1-2-6-23/h3-4,7-9H,1-2,5-6H2,(H,20,25)(H2,21,22,26). The number of rotatable bonds is 4. The van der Waals surface area contributed by atoms with Gasteiger partial charge in [-0.15, -0.1) is 0 Å². The number of imidazole rings is 1. The van der Waals surface area contributed by atoms with Crippen LogP contribution in [0.25, 0.3) is 11.0 Å². The molecule has 0 unspecified atom stereocenters. The fourth-order valence-corrected chi connectivity index (χ4v) is 3.58. The second-order valence-corrected chi connectivity index (χ2v) is 6.97. The van der Waals surface area contributed by atoms with Gasteiger partial charge < -0.3 is 20.2 Å². The van der Waals surface area contributed by atoms with Crippen LogP contribution in [0, 0.1) is 10.1 Å². The maximum absolute atomic E-state index is 12.8. The number of anilines is 2. The molecule has 144 valence electrons. The number of nitro groups is 1. The predicted molar refractivity (Wildman–Crippen MR) is 106 cm³/mol. The number of non-ortho nitro benzene ring substituents is 1. The van der Waals surface area contributed by atoms with Crippen LogP contribution in [0.3, 0.4) is 0 Å². The zero-order valence-corrected chi connectivity index (χ0v) is 15.4. The summed E-state index contributed by atoms with van der Waals surface area (Å²) in [5.41, 5.74) is 1.90. The number of nitrogens with zero attached hydrogens (tertiary/aromatic N) is 2. The van der Waals surface area contributed by atoms with Crippen LogP contribution < -0.4 is 15.9 Å². The molecule has 1 saturated heterocycles. The Hall–Kier alpha value is -3.33. The van der Waals surface area contributed by atoms with Crippen LogP contribution in [0.4, 0.5) is 17.1 Å². The van der Waals surface area contributed by atoms with Gasteiger partial charge in [-0.25, -0.2) is 4.79 Å². The molecule has 28 heavy (non-hydrogen) atoms. The van der Waals surface area contributed by atoms with Crippen LogP contribution in [0.2, 0.25) is 5.02 Å². The first-order valence-corrected chi connectivity index (χ1v) is 9.06. The van der Waals surface area contributed by atoms with Gasteiger partial charge in [0.05, 0.1) is 37.9 Å². The molecule has 1 aliphatic heterocycles. The van der Waals surface area contributed by atoms with Gasteiger partial charge in [0.25, 0.3) is 11.6 Å². The van der Waals surface area contributed by atoms with Crippen molar-refractivity contribution < 1.29 is 9.72 Å². The molecule has 10 heteroatoms. The molecular formula is C18H16ClN5O4. The number of nitrogens with one attached hydrogen (secondary N) is 3. The van der Waals surface area contributed by atoms with Crippen LogP contribution in [-0.4, -0.2) is 33.9 Å². The molecule has 3 N–H and O–H groups in total. The van der Waals surface area contributed by atoms with Gasteiger partial charge in [-0.1, -0.05) is 11.6 Å². The minimum atomic E-state index is -0.584. The first-order chi connectivity index (χ1) is 13.4. The summed E-state index contributed by atoms with van der Waals surface area (Å²) in [6.07, 6.45) is 2.07. The Bertz CT molecular complexity index is 1150. The van der Waals surface area contributed by atoms with E-state index in [-0.39, 0.29) is 22.0 Å². The van der Waals surface area contributed by atoms with E-state index in [1.807, 2.05) is 6.07 Å². The Kier molecular flexibility index (Phi) is 4.52. The minimum Gasteiger partial charge on any atom is -0.370 e. The molecule has 0 spiro atoms. The van der Waals surface area contributed by atoms with Crippen LogP contribution in [0.15, 0.2) is 35.1 Å². The Morgan fingerprint density at radius 3 is 2.50 bits per heavy atom. The van der Waals surface area contributed by atoms with Crippen molar-refractivity contribution in [3.8, 4) is 0 Å². The van der Waals surface area contributed by atoms with E-state index >= 15 is 0 Å². The first-order valence-electron chi connectivity index (χ1n) is 8.68. The van der Waals surface area contributed by atoms with E-state index in [0.717, 1.165) is 37.7 Å². The van der Waals surface area contributed by atoms with Crippen LogP contribution >= 0.6 is 11.6 Å². The Labute approximate surface area is 163 Å². The van der Waals surface area contributed by atoms with Gasteiger partial charge >= 0.3 is 5.69 Å². The Morgan fingerprint density at radius 2 is 1.82 bits per heavy atom. The van der Waals surface area contributed by atoms with E-state index in [4.69, 9.17) is 11.6 Å². The number of carbonyl (C=O) groups excluding carboxylic acids is 1. The fraction of sp³-hybridized carbons (Fsp3) is 0.222. The molecule has 0 aliphatic carbocycles. The highest BCUT2D eigenvalue weighted by Gasteiger charge is 2.21. The second-order valence-electron chi connectivity index (χ2n) is 6.56. The SMILES string of the molecule is O=C(Nc1cc2[nH]c(=O)[nH]c2cc1N1CCCC1)c1cc([N+](=O)[O-])ccc1Cl. The Morgan fingerprint density at radius 1 is 1.14 bits per heavy atom. The molecule has 1 amide bonds. The zero-order valence-electron chi connectivity index (χ0n) is 14.6. The smallest absolute Gasteiger partial charge is 0.323 e. The van der Waals surface area contributed by atoms with E-state index in [9.17, 15) is 19.7 Å². The van der Waals surface area contributed by atoms with Crippen molar-refractivity contribution in [2.75, 3.05) is 23.3 Å². The van der Waals surface area contributed by atoms with Crippen molar-refractivity contribution >= 4 is 45.6 Å². The van der Waals surface area contributed by atoms with Crippen molar-refractivity contribution in [2.45, 2.75) is 12.8 Å². The number of benzene rings is 2. The lowest BCUT2D eigenvalue weighted by Crippen LogP contribution is -2.21. The molecular weight excluding hydrogens is 386 g/mol.